The molecule has 0 aromatic heterocycles. The Bertz CT molecular complexity index is 556. The summed E-state index contributed by atoms with van der Waals surface area (Å²) in [5, 5.41) is 3.18. The topological polar surface area (TPSA) is 46.2 Å². The van der Waals surface area contributed by atoms with Crippen LogP contribution in [0.1, 0.15) is 24.5 Å². The summed E-state index contributed by atoms with van der Waals surface area (Å²) in [4.78, 5) is 0. The van der Waals surface area contributed by atoms with Gasteiger partial charge in [-0.05, 0) is 26.3 Å². The highest BCUT2D eigenvalue weighted by atomic mass is 32.2. The van der Waals surface area contributed by atoms with E-state index in [2.05, 4.69) is 5.32 Å². The van der Waals surface area contributed by atoms with Crippen LogP contribution in [0.25, 0.3) is 0 Å². The lowest BCUT2D eigenvalue weighted by Crippen LogP contribution is -2.43. The van der Waals surface area contributed by atoms with Crippen LogP contribution in [-0.4, -0.2) is 25.5 Å². The van der Waals surface area contributed by atoms with Crippen molar-refractivity contribution in [3.63, 3.8) is 0 Å². The molecular formula is C13H18FNO2S. The maximum absolute atomic E-state index is 13.6. The third kappa shape index (κ3) is 3.09. The molecule has 3 nitrogen and oxygen atoms in total. The van der Waals surface area contributed by atoms with Crippen LogP contribution in [0.3, 0.4) is 0 Å². The van der Waals surface area contributed by atoms with Crippen LogP contribution in [-0.2, 0) is 16.4 Å². The molecule has 0 saturated carbocycles. The van der Waals surface area contributed by atoms with Crippen molar-refractivity contribution in [3.8, 4) is 0 Å². The molecule has 0 amide bonds. The number of hydrogen-bond acceptors (Lipinski definition) is 3. The Morgan fingerprint density at radius 3 is 2.78 bits per heavy atom. The summed E-state index contributed by atoms with van der Waals surface area (Å²) in [7, 11) is -2.93. The van der Waals surface area contributed by atoms with Gasteiger partial charge in [0.25, 0.3) is 0 Å². The van der Waals surface area contributed by atoms with Gasteiger partial charge in [-0.25, -0.2) is 12.8 Å². The smallest absolute Gasteiger partial charge is 0.152 e. The first-order valence-corrected chi connectivity index (χ1v) is 7.82. The minimum Gasteiger partial charge on any atom is -0.306 e. The van der Waals surface area contributed by atoms with E-state index in [9.17, 15) is 12.8 Å². The molecule has 0 radical (unpaired) electrons. The van der Waals surface area contributed by atoms with Crippen LogP contribution < -0.4 is 5.32 Å². The number of rotatable bonds is 3. The van der Waals surface area contributed by atoms with Gasteiger partial charge in [-0.2, -0.15) is 0 Å². The predicted molar refractivity (Wildman–Crippen MR) is 69.7 cm³/mol. The van der Waals surface area contributed by atoms with Gasteiger partial charge in [0.15, 0.2) is 9.84 Å². The number of nitrogens with one attached hydrogen (secondary N) is 1. The van der Waals surface area contributed by atoms with Crippen molar-refractivity contribution in [1.82, 2.24) is 5.32 Å². The van der Waals surface area contributed by atoms with Gasteiger partial charge in [-0.3, -0.25) is 0 Å². The fourth-order valence-electron chi connectivity index (χ4n) is 2.30. The van der Waals surface area contributed by atoms with Gasteiger partial charge in [-0.15, -0.1) is 0 Å². The monoisotopic (exact) mass is 271 g/mol. The molecule has 1 aliphatic rings. The lowest BCUT2D eigenvalue weighted by atomic mass is 10.0. The third-order valence-electron chi connectivity index (χ3n) is 3.41. The Morgan fingerprint density at radius 2 is 2.17 bits per heavy atom. The first-order chi connectivity index (χ1) is 8.30. The highest BCUT2D eigenvalue weighted by Crippen LogP contribution is 2.23. The summed E-state index contributed by atoms with van der Waals surface area (Å²) in [5.41, 5.74) is 1.15. The van der Waals surface area contributed by atoms with Gasteiger partial charge < -0.3 is 5.32 Å². The molecule has 1 aromatic carbocycles. The van der Waals surface area contributed by atoms with Gasteiger partial charge >= 0.3 is 0 Å². The summed E-state index contributed by atoms with van der Waals surface area (Å²) >= 11 is 0. The fraction of sp³-hybridized carbons (Fsp3) is 0.538. The number of benzene rings is 1. The van der Waals surface area contributed by atoms with Crippen LogP contribution in [0.5, 0.6) is 0 Å². The molecule has 0 aliphatic carbocycles. The standard InChI is InChI=1S/C13H18FNO2S/c1-10-3-4-12(14)11(7-10)8-15-13(2)5-6-18(16,17)9-13/h3-4,7,15H,5-6,8-9H2,1-2H3. The van der Waals surface area contributed by atoms with E-state index in [0.717, 1.165) is 5.56 Å². The Morgan fingerprint density at radius 1 is 1.44 bits per heavy atom. The highest BCUT2D eigenvalue weighted by Gasteiger charge is 2.37. The molecule has 1 unspecified atom stereocenters. The number of aryl methyl sites for hydroxylation is 1. The largest absolute Gasteiger partial charge is 0.306 e. The zero-order chi connectivity index (χ0) is 13.4. The summed E-state index contributed by atoms with van der Waals surface area (Å²) in [6, 6.07) is 4.95. The minimum atomic E-state index is -2.93. The van der Waals surface area contributed by atoms with Crippen molar-refractivity contribution < 1.29 is 12.8 Å². The molecule has 1 fully saturated rings. The van der Waals surface area contributed by atoms with Crippen molar-refractivity contribution >= 4 is 9.84 Å². The van der Waals surface area contributed by atoms with E-state index in [0.29, 0.717) is 18.5 Å². The van der Waals surface area contributed by atoms with E-state index in [4.69, 9.17) is 0 Å². The van der Waals surface area contributed by atoms with Gasteiger partial charge in [0.1, 0.15) is 5.82 Å². The van der Waals surface area contributed by atoms with Crippen molar-refractivity contribution in [3.05, 3.63) is 35.1 Å². The van der Waals surface area contributed by atoms with E-state index in [1.165, 1.54) is 6.07 Å². The van der Waals surface area contributed by atoms with E-state index >= 15 is 0 Å². The van der Waals surface area contributed by atoms with E-state index in [-0.39, 0.29) is 17.3 Å². The van der Waals surface area contributed by atoms with Crippen molar-refractivity contribution in [1.29, 1.82) is 0 Å². The molecule has 100 valence electrons. The molecule has 1 atom stereocenters. The second kappa shape index (κ2) is 4.63. The second-order valence-electron chi connectivity index (χ2n) is 5.35. The van der Waals surface area contributed by atoms with Gasteiger partial charge in [-0.1, -0.05) is 17.7 Å². The third-order valence-corrected chi connectivity index (χ3v) is 5.31. The molecule has 0 spiro atoms. The lowest BCUT2D eigenvalue weighted by molar-refractivity contribution is 0.391. The fourth-order valence-corrected chi connectivity index (χ4v) is 4.42. The summed E-state index contributed by atoms with van der Waals surface area (Å²) in [6.07, 6.45) is 0.586. The first-order valence-electron chi connectivity index (χ1n) is 6.00. The molecule has 5 heteroatoms. The maximum atomic E-state index is 13.6. The number of halogens is 1. The molecule has 1 saturated heterocycles. The normalized spacial score (nSPS) is 26.4. The Kier molecular flexibility index (Phi) is 3.47. The van der Waals surface area contributed by atoms with E-state index < -0.39 is 15.4 Å². The summed E-state index contributed by atoms with van der Waals surface area (Å²) in [6.45, 7) is 4.15. The van der Waals surface area contributed by atoms with Crippen LogP contribution >= 0.6 is 0 Å². The highest BCUT2D eigenvalue weighted by molar-refractivity contribution is 7.91. The van der Waals surface area contributed by atoms with Crippen LogP contribution in [0.2, 0.25) is 0 Å². The number of sulfone groups is 1. The first kappa shape index (κ1) is 13.5. The van der Waals surface area contributed by atoms with E-state index in [1.807, 2.05) is 13.8 Å². The summed E-state index contributed by atoms with van der Waals surface area (Å²) in [5.74, 6) is 0.0952. The van der Waals surface area contributed by atoms with Gasteiger partial charge in [0.05, 0.1) is 11.5 Å². The van der Waals surface area contributed by atoms with Gasteiger partial charge in [0.2, 0.25) is 0 Å². The van der Waals surface area contributed by atoms with Crippen LogP contribution in [0.15, 0.2) is 18.2 Å². The average Bonchev–Trinajstić information content (AvgIpc) is 2.55. The van der Waals surface area contributed by atoms with Crippen molar-refractivity contribution in [2.45, 2.75) is 32.4 Å². The van der Waals surface area contributed by atoms with E-state index in [1.54, 1.807) is 12.1 Å². The Hall–Kier alpha value is -0.940. The Balaban J connectivity index is 2.06. The second-order valence-corrected chi connectivity index (χ2v) is 7.54. The van der Waals surface area contributed by atoms with Gasteiger partial charge in [0, 0.05) is 17.6 Å². The lowest BCUT2D eigenvalue weighted by Gasteiger charge is -2.24. The zero-order valence-electron chi connectivity index (χ0n) is 10.7. The quantitative estimate of drug-likeness (QED) is 0.912. The van der Waals surface area contributed by atoms with Crippen LogP contribution in [0.4, 0.5) is 4.39 Å². The molecule has 18 heavy (non-hydrogen) atoms. The predicted octanol–water partition coefficient (Wildman–Crippen LogP) is 1.80. The minimum absolute atomic E-state index is 0.132. The molecule has 0 bridgehead atoms. The SMILES string of the molecule is Cc1ccc(F)c(CNC2(C)CCS(=O)(=O)C2)c1. The molecule has 1 heterocycles. The average molecular weight is 271 g/mol. The maximum Gasteiger partial charge on any atom is 0.152 e. The van der Waals surface area contributed by atoms with Crippen molar-refractivity contribution in [2.24, 2.45) is 0 Å². The molecule has 1 aromatic rings. The molecule has 1 N–H and O–H groups in total. The van der Waals surface area contributed by atoms with Crippen molar-refractivity contribution in [2.75, 3.05) is 11.5 Å². The molecular weight excluding hydrogens is 253 g/mol. The Labute approximate surface area is 107 Å². The summed E-state index contributed by atoms with van der Waals surface area (Å²) < 4.78 is 36.5. The van der Waals surface area contributed by atoms with Crippen LogP contribution in [0, 0.1) is 12.7 Å². The molecule has 2 rings (SSSR count). The number of hydrogen-bond donors (Lipinski definition) is 1. The molecule has 1 aliphatic heterocycles. The zero-order valence-corrected chi connectivity index (χ0v) is 11.5.